The van der Waals surface area contributed by atoms with Crippen LogP contribution in [-0.4, -0.2) is 24.9 Å². The second-order valence-electron chi connectivity index (χ2n) is 2.87. The van der Waals surface area contributed by atoms with Crippen molar-refractivity contribution >= 4 is 11.8 Å². The Bertz CT molecular complexity index is 199. The van der Waals surface area contributed by atoms with Gasteiger partial charge in [-0.2, -0.15) is 0 Å². The third kappa shape index (κ3) is 29.5. The summed E-state index contributed by atoms with van der Waals surface area (Å²) in [6.07, 6.45) is 0. The Morgan fingerprint density at radius 2 is 1.00 bits per heavy atom. The first-order chi connectivity index (χ1) is 7.20. The van der Waals surface area contributed by atoms with Gasteiger partial charge in [-0.15, -0.1) is 0 Å². The van der Waals surface area contributed by atoms with Crippen LogP contribution >= 0.6 is 0 Å². The number of carbonyl (C=O) groups excluding carboxylic acids is 2. The summed E-state index contributed by atoms with van der Waals surface area (Å²) in [6, 6.07) is 0. The number of hydrogen-bond donors (Lipinski definition) is 4. The van der Waals surface area contributed by atoms with Gasteiger partial charge in [0.05, 0.1) is 0 Å². The van der Waals surface area contributed by atoms with Gasteiger partial charge in [0.15, 0.2) is 0 Å². The van der Waals surface area contributed by atoms with Crippen LogP contribution in [0.25, 0.3) is 0 Å². The fraction of sp³-hybridized carbons (Fsp3) is 0.400. The zero-order valence-electron chi connectivity index (χ0n) is 9.95. The van der Waals surface area contributed by atoms with Crippen molar-refractivity contribution in [1.82, 2.24) is 0 Å². The SMILES string of the molecule is C=C(C)C(N)=O.C=C(C)C(N)=O.NCCN. The second-order valence-corrected chi connectivity index (χ2v) is 2.87. The molecule has 0 aliphatic heterocycles. The van der Waals surface area contributed by atoms with Gasteiger partial charge in [-0.1, -0.05) is 13.2 Å². The standard InChI is InChI=1S/2C4H7NO.C2H8N2/c2*1-3(2)4(5)6;3-1-2-4/h2*1H2,2H3,(H2,5,6);1-4H2. The molecule has 0 spiro atoms. The van der Waals surface area contributed by atoms with E-state index in [0.717, 1.165) is 0 Å². The Labute approximate surface area is 96.3 Å². The average Bonchev–Trinajstić information content (AvgIpc) is 2.18. The lowest BCUT2D eigenvalue weighted by Gasteiger charge is -1.81. The van der Waals surface area contributed by atoms with E-state index in [1.165, 1.54) is 0 Å². The maximum Gasteiger partial charge on any atom is 0.243 e. The van der Waals surface area contributed by atoms with Gasteiger partial charge in [0.2, 0.25) is 11.8 Å². The van der Waals surface area contributed by atoms with E-state index in [-0.39, 0.29) is 0 Å². The predicted molar refractivity (Wildman–Crippen MR) is 66.1 cm³/mol. The summed E-state index contributed by atoms with van der Waals surface area (Å²) in [5, 5.41) is 0. The Balaban J connectivity index is -0.000000162. The molecule has 0 aliphatic carbocycles. The van der Waals surface area contributed by atoms with Gasteiger partial charge < -0.3 is 22.9 Å². The van der Waals surface area contributed by atoms with Gasteiger partial charge in [0, 0.05) is 24.2 Å². The van der Waals surface area contributed by atoms with Crippen LogP contribution in [0.1, 0.15) is 13.8 Å². The zero-order valence-corrected chi connectivity index (χ0v) is 9.95. The van der Waals surface area contributed by atoms with Crippen LogP contribution in [0.5, 0.6) is 0 Å². The van der Waals surface area contributed by atoms with E-state index in [4.69, 9.17) is 22.9 Å². The molecule has 0 aliphatic rings. The van der Waals surface area contributed by atoms with E-state index < -0.39 is 11.8 Å². The van der Waals surface area contributed by atoms with Gasteiger partial charge in [0.25, 0.3) is 0 Å². The molecule has 0 unspecified atom stereocenters. The molecular formula is C10H22N4O2. The van der Waals surface area contributed by atoms with Crippen molar-refractivity contribution < 1.29 is 9.59 Å². The van der Waals surface area contributed by atoms with Crippen LogP contribution in [0.15, 0.2) is 24.3 Å². The molecule has 0 aromatic heterocycles. The molecule has 0 bridgehead atoms. The van der Waals surface area contributed by atoms with Crippen molar-refractivity contribution in [1.29, 1.82) is 0 Å². The van der Waals surface area contributed by atoms with Crippen LogP contribution in [0.4, 0.5) is 0 Å². The van der Waals surface area contributed by atoms with Crippen LogP contribution in [-0.2, 0) is 9.59 Å². The molecule has 0 aromatic carbocycles. The lowest BCUT2D eigenvalue weighted by molar-refractivity contribution is -0.115. The Hall–Kier alpha value is -1.66. The van der Waals surface area contributed by atoms with E-state index in [9.17, 15) is 9.59 Å². The summed E-state index contributed by atoms with van der Waals surface area (Å²) in [4.78, 5) is 19.6. The third-order valence-electron chi connectivity index (χ3n) is 1.01. The predicted octanol–water partition coefficient (Wildman–Crippen LogP) is -1.00. The zero-order chi connectivity index (χ0) is 13.7. The third-order valence-corrected chi connectivity index (χ3v) is 1.01. The smallest absolute Gasteiger partial charge is 0.243 e. The number of primary amides is 2. The minimum absolute atomic E-state index is 0.398. The molecule has 0 heterocycles. The first kappa shape index (κ1) is 19.8. The molecule has 16 heavy (non-hydrogen) atoms. The molecule has 0 fully saturated rings. The minimum atomic E-state index is -0.435. The summed E-state index contributed by atoms with van der Waals surface area (Å²) in [6.45, 7) is 10.9. The molecule has 0 saturated heterocycles. The molecule has 0 atom stereocenters. The number of rotatable bonds is 3. The van der Waals surface area contributed by atoms with Crippen LogP contribution in [0, 0.1) is 0 Å². The van der Waals surface area contributed by atoms with Crippen molar-refractivity contribution in [3.63, 3.8) is 0 Å². The highest BCUT2D eigenvalue weighted by Gasteiger charge is 1.87. The lowest BCUT2D eigenvalue weighted by Crippen LogP contribution is -2.11. The van der Waals surface area contributed by atoms with E-state index in [1.54, 1.807) is 13.8 Å². The molecule has 0 saturated carbocycles. The summed E-state index contributed by atoms with van der Waals surface area (Å²) in [7, 11) is 0. The summed E-state index contributed by atoms with van der Waals surface area (Å²) < 4.78 is 0. The van der Waals surface area contributed by atoms with Crippen molar-refractivity contribution in [2.45, 2.75) is 13.8 Å². The van der Waals surface area contributed by atoms with E-state index >= 15 is 0 Å². The molecule has 94 valence electrons. The maximum atomic E-state index is 9.82. The van der Waals surface area contributed by atoms with Gasteiger partial charge in [-0.3, -0.25) is 9.59 Å². The fourth-order valence-corrected chi connectivity index (χ4v) is 0. The highest BCUT2D eigenvalue weighted by molar-refractivity contribution is 5.90. The molecule has 0 radical (unpaired) electrons. The molecule has 6 heteroatoms. The summed E-state index contributed by atoms with van der Waals surface area (Å²) in [5.41, 5.74) is 20.0. The van der Waals surface area contributed by atoms with Crippen LogP contribution in [0.3, 0.4) is 0 Å². The van der Waals surface area contributed by atoms with Crippen molar-refractivity contribution in [2.24, 2.45) is 22.9 Å². The number of hydrogen-bond acceptors (Lipinski definition) is 4. The molecule has 8 N–H and O–H groups in total. The van der Waals surface area contributed by atoms with Crippen molar-refractivity contribution in [2.75, 3.05) is 13.1 Å². The summed E-state index contributed by atoms with van der Waals surface area (Å²) in [5.74, 6) is -0.870. The Morgan fingerprint density at radius 1 is 0.875 bits per heavy atom. The average molecular weight is 230 g/mol. The van der Waals surface area contributed by atoms with Crippen LogP contribution < -0.4 is 22.9 Å². The number of amides is 2. The second kappa shape index (κ2) is 13.3. The number of carbonyl (C=O) groups is 2. The quantitative estimate of drug-likeness (QED) is 0.462. The van der Waals surface area contributed by atoms with Crippen LogP contribution in [0.2, 0.25) is 0 Å². The lowest BCUT2D eigenvalue weighted by atomic mass is 10.3. The highest BCUT2D eigenvalue weighted by Crippen LogP contribution is 1.78. The van der Waals surface area contributed by atoms with E-state index in [1.807, 2.05) is 0 Å². The first-order valence-electron chi connectivity index (χ1n) is 4.51. The van der Waals surface area contributed by atoms with Gasteiger partial charge >= 0.3 is 0 Å². The molecule has 0 rings (SSSR count). The first-order valence-corrected chi connectivity index (χ1v) is 4.51. The summed E-state index contributed by atoms with van der Waals surface area (Å²) >= 11 is 0. The van der Waals surface area contributed by atoms with Crippen molar-refractivity contribution in [3.8, 4) is 0 Å². The molecule has 0 aromatic rings. The maximum absolute atomic E-state index is 9.82. The van der Waals surface area contributed by atoms with E-state index in [0.29, 0.717) is 24.2 Å². The van der Waals surface area contributed by atoms with Crippen molar-refractivity contribution in [3.05, 3.63) is 24.3 Å². The molecule has 2 amide bonds. The largest absolute Gasteiger partial charge is 0.366 e. The topological polar surface area (TPSA) is 138 Å². The van der Waals surface area contributed by atoms with Gasteiger partial charge in [-0.05, 0) is 13.8 Å². The fourth-order valence-electron chi connectivity index (χ4n) is 0. The Kier molecular flexibility index (Phi) is 16.5. The number of nitrogens with two attached hydrogens (primary N) is 4. The monoisotopic (exact) mass is 230 g/mol. The van der Waals surface area contributed by atoms with Gasteiger partial charge in [-0.25, -0.2) is 0 Å². The van der Waals surface area contributed by atoms with E-state index in [2.05, 4.69) is 13.2 Å². The Morgan fingerprint density at radius 3 is 1.00 bits per heavy atom. The molecular weight excluding hydrogens is 208 g/mol. The molecule has 6 nitrogen and oxygen atoms in total. The highest BCUT2D eigenvalue weighted by atomic mass is 16.1. The minimum Gasteiger partial charge on any atom is -0.366 e. The van der Waals surface area contributed by atoms with Gasteiger partial charge in [0.1, 0.15) is 0 Å². The normalized spacial score (nSPS) is 7.50.